The van der Waals surface area contributed by atoms with Gasteiger partial charge >= 0.3 is 33.5 Å². The molecule has 0 saturated carbocycles. The van der Waals surface area contributed by atoms with Gasteiger partial charge in [-0.05, 0) is 156 Å². The van der Waals surface area contributed by atoms with Crippen LogP contribution in [-0.4, -0.2) is 148 Å². The Morgan fingerprint density at radius 3 is 0.786 bits per heavy atom. The zero-order valence-electron chi connectivity index (χ0n) is 25.2. The number of hydrogen-bond donors (Lipinski definition) is 0. The van der Waals surface area contributed by atoms with Crippen LogP contribution in [-0.2, 0) is 33.5 Å². The Balaban J connectivity index is 0.000000126. The van der Waals surface area contributed by atoms with Crippen molar-refractivity contribution in [1.82, 2.24) is 19.6 Å². The predicted molar refractivity (Wildman–Crippen MR) is 165 cm³/mol. The average molecular weight is 739 g/mol. The Hall–Kier alpha value is -1.44. The van der Waals surface area contributed by atoms with Gasteiger partial charge in [0, 0.05) is 23.8 Å². The first-order chi connectivity index (χ1) is 20.9. The number of aliphatic imine (C=N–C) groups is 4. The van der Waals surface area contributed by atoms with E-state index in [1.54, 1.807) is 33.5 Å². The summed E-state index contributed by atoms with van der Waals surface area (Å²) in [4.78, 5) is 26.4. The zero-order valence-corrected chi connectivity index (χ0v) is 29.6. The van der Waals surface area contributed by atoms with E-state index in [1.807, 2.05) is 0 Å². The van der Waals surface area contributed by atoms with E-state index in [-0.39, 0.29) is 0 Å². The molecular weight excluding hydrogens is 690 g/mol. The third kappa shape index (κ3) is 10.9. The van der Waals surface area contributed by atoms with Gasteiger partial charge in [-0.15, -0.1) is 0 Å². The Morgan fingerprint density at radius 1 is 0.357 bits per heavy atom. The molecule has 0 unspecified atom stereocenters. The molecule has 0 N–H and O–H groups in total. The molecule has 0 spiro atoms. The van der Waals surface area contributed by atoms with Gasteiger partial charge in [0.15, 0.2) is 0 Å². The fourth-order valence-electron chi connectivity index (χ4n) is 5.77. The van der Waals surface area contributed by atoms with Crippen molar-refractivity contribution < 1.29 is 33.5 Å². The minimum atomic E-state index is 0.981. The van der Waals surface area contributed by atoms with Gasteiger partial charge in [-0.3, -0.25) is 0 Å². The van der Waals surface area contributed by atoms with Crippen molar-refractivity contribution in [3.8, 4) is 0 Å². The summed E-state index contributed by atoms with van der Waals surface area (Å²) in [5.74, 6) is 4.05. The van der Waals surface area contributed by atoms with E-state index in [4.69, 9.17) is 0 Å². The standard InChI is InChI=1S/4C7H12N3.2Nb/c4*1-3-8-7-9-4-2-6-10(7)5-1;;/h4*1-6H2;;/q4*-1;;. The zero-order chi connectivity index (χ0) is 29.2. The molecule has 0 atom stereocenters. The van der Waals surface area contributed by atoms with Gasteiger partial charge in [-0.1, -0.05) is 0 Å². The molecule has 0 aliphatic carbocycles. The van der Waals surface area contributed by atoms with E-state index in [0.717, 1.165) is 76.2 Å². The summed E-state index contributed by atoms with van der Waals surface area (Å²) in [6, 6.07) is 0. The van der Waals surface area contributed by atoms with Crippen LogP contribution in [0.15, 0.2) is 20.0 Å². The Kier molecular flexibility index (Phi) is 15.7. The van der Waals surface area contributed by atoms with Gasteiger partial charge in [0.1, 0.15) is 0 Å². The van der Waals surface area contributed by atoms with Crippen LogP contribution in [0.25, 0.3) is 21.3 Å². The predicted octanol–water partition coefficient (Wildman–Crippen LogP) is 3.30. The van der Waals surface area contributed by atoms with Crippen molar-refractivity contribution in [3.05, 3.63) is 21.3 Å². The van der Waals surface area contributed by atoms with Crippen molar-refractivity contribution in [2.24, 2.45) is 20.0 Å². The second kappa shape index (κ2) is 19.8. The summed E-state index contributed by atoms with van der Waals surface area (Å²) in [5.41, 5.74) is 0. The van der Waals surface area contributed by atoms with Crippen molar-refractivity contribution in [3.63, 3.8) is 0 Å². The van der Waals surface area contributed by atoms with E-state index < -0.39 is 0 Å². The number of fused-ring (bicyclic) bond motifs is 4. The topological polar surface area (TPSA) is 119 Å². The van der Waals surface area contributed by atoms with E-state index in [0.29, 0.717) is 0 Å². The minimum absolute atomic E-state index is 0.981. The first kappa shape index (κ1) is 33.5. The third-order valence-corrected chi connectivity index (χ3v) is 7.85. The summed E-state index contributed by atoms with van der Waals surface area (Å²) in [6.45, 7) is 17.2. The number of nitrogens with zero attached hydrogens (tertiary/aromatic N) is 12. The van der Waals surface area contributed by atoms with Crippen molar-refractivity contribution in [2.45, 2.75) is 51.4 Å². The first-order valence-corrected chi connectivity index (χ1v) is 22.7. The fraction of sp³-hybridized carbons (Fsp3) is 0.857. The second-order valence-corrected chi connectivity index (χ2v) is 11.0. The maximum atomic E-state index is 4.33. The number of rotatable bonds is 0. The molecule has 0 amide bonds. The van der Waals surface area contributed by atoms with Gasteiger partial charge in [0.2, 0.25) is 0 Å². The van der Waals surface area contributed by atoms with Crippen LogP contribution in [0.5, 0.6) is 0 Å². The fourth-order valence-corrected chi connectivity index (χ4v) is 5.77. The van der Waals surface area contributed by atoms with Gasteiger partial charge in [-0.25, -0.2) is 0 Å². The van der Waals surface area contributed by atoms with Gasteiger partial charge < -0.3 is 60.8 Å². The monoisotopic (exact) mass is 738 g/mol. The molecule has 8 heterocycles. The Labute approximate surface area is 272 Å². The van der Waals surface area contributed by atoms with E-state index in [1.165, 1.54) is 104 Å². The molecule has 42 heavy (non-hydrogen) atoms. The van der Waals surface area contributed by atoms with E-state index in [9.17, 15) is 0 Å². The molecule has 234 valence electrons. The van der Waals surface area contributed by atoms with E-state index >= 15 is 0 Å². The van der Waals surface area contributed by atoms with Crippen molar-refractivity contribution >= 4 is 23.8 Å². The first-order valence-electron chi connectivity index (χ1n) is 15.9. The Morgan fingerprint density at radius 2 is 0.571 bits per heavy atom. The van der Waals surface area contributed by atoms with Crippen LogP contribution in [0.4, 0.5) is 0 Å². The quantitative estimate of drug-likeness (QED) is 0.355. The maximum absolute atomic E-state index is 4.33. The number of hydrogen-bond acceptors (Lipinski definition) is 8. The van der Waals surface area contributed by atoms with Crippen LogP contribution < -0.4 is 0 Å². The van der Waals surface area contributed by atoms with Crippen LogP contribution in [0.3, 0.4) is 0 Å². The number of guanidine groups is 4. The van der Waals surface area contributed by atoms with Crippen molar-refractivity contribution in [2.75, 3.05) is 105 Å². The summed E-state index contributed by atoms with van der Waals surface area (Å²) in [7, 11) is 0. The molecule has 8 aliphatic heterocycles. The summed E-state index contributed by atoms with van der Waals surface area (Å²) in [5, 5.41) is 17.3. The molecule has 0 bridgehead atoms. The van der Waals surface area contributed by atoms with Crippen LogP contribution in [0.1, 0.15) is 51.4 Å². The molecule has 12 nitrogen and oxygen atoms in total. The van der Waals surface area contributed by atoms with Gasteiger partial charge in [0.05, 0.1) is 0 Å². The molecule has 0 aromatic carbocycles. The summed E-state index contributed by atoms with van der Waals surface area (Å²) < 4.78 is 0. The molecule has 0 aromatic heterocycles. The molecule has 8 aliphatic rings. The van der Waals surface area contributed by atoms with Crippen LogP contribution in [0, 0.1) is 0 Å². The Bertz CT molecular complexity index is 808. The molecular formula is C28H48N12Nb2-4. The van der Waals surface area contributed by atoms with Crippen LogP contribution >= 0.6 is 0 Å². The molecule has 0 aromatic rings. The normalized spacial score (nSPS) is 23.7. The van der Waals surface area contributed by atoms with E-state index in [2.05, 4.69) is 60.8 Å². The second-order valence-electron chi connectivity index (χ2n) is 11.0. The average Bonchev–Trinajstić information content (AvgIpc) is 3.10. The molecule has 0 radical (unpaired) electrons. The SMILES string of the molecule is C1CN=C2[N-]CCCN2C1.C1CN=C2[N-]CCCN2C1.C1CN=C2[N-]CCCN2C1.C1CN=C2[N-]CCCN2C1.[Nb]#[Nb]. The summed E-state index contributed by atoms with van der Waals surface area (Å²) in [6.07, 6.45) is 9.66. The third-order valence-electron chi connectivity index (χ3n) is 7.85. The molecule has 4 fully saturated rings. The summed E-state index contributed by atoms with van der Waals surface area (Å²) >= 11 is 3.60. The van der Waals surface area contributed by atoms with Crippen LogP contribution in [0.2, 0.25) is 0 Å². The van der Waals surface area contributed by atoms with Crippen molar-refractivity contribution in [1.29, 1.82) is 0 Å². The molecule has 14 heteroatoms. The molecule has 8 rings (SSSR count). The molecule has 4 saturated heterocycles. The van der Waals surface area contributed by atoms with Gasteiger partial charge in [0.25, 0.3) is 0 Å². The van der Waals surface area contributed by atoms with Gasteiger partial charge in [-0.2, -0.15) is 0 Å².